The fourth-order valence-corrected chi connectivity index (χ4v) is 4.24. The first kappa shape index (κ1) is 13.2. The molecule has 0 aromatic carbocycles. The number of hydrogen-bond donors (Lipinski definition) is 0. The van der Waals surface area contributed by atoms with Crippen LogP contribution in [0.5, 0.6) is 0 Å². The van der Waals surface area contributed by atoms with Crippen molar-refractivity contribution in [3.63, 3.8) is 0 Å². The minimum atomic E-state index is 0.471. The third-order valence-corrected chi connectivity index (χ3v) is 5.28. The summed E-state index contributed by atoms with van der Waals surface area (Å²) < 4.78 is 2.07. The van der Waals surface area contributed by atoms with Gasteiger partial charge in [0.05, 0.1) is 11.4 Å². The van der Waals surface area contributed by atoms with E-state index in [2.05, 4.69) is 48.9 Å². The molecule has 5 rings (SSSR count). The first-order valence-corrected chi connectivity index (χ1v) is 8.28. The Labute approximate surface area is 135 Å². The Hall–Kier alpha value is -2.27. The van der Waals surface area contributed by atoms with Crippen LogP contribution in [0.25, 0.3) is 5.65 Å². The topological polar surface area (TPSA) is 46.3 Å². The SMILES string of the molecule is Cc1cc2ncc3c(n2n1)C[C@H]1CC[C@@H]3N1Cc1ccncc1. The van der Waals surface area contributed by atoms with Crippen molar-refractivity contribution in [1.29, 1.82) is 0 Å². The summed E-state index contributed by atoms with van der Waals surface area (Å²) in [7, 11) is 0. The van der Waals surface area contributed by atoms with Gasteiger partial charge in [-0.2, -0.15) is 5.10 Å². The predicted molar refractivity (Wildman–Crippen MR) is 87.0 cm³/mol. The smallest absolute Gasteiger partial charge is 0.155 e. The third-order valence-electron chi connectivity index (χ3n) is 5.28. The average Bonchev–Trinajstić information content (AvgIpc) is 3.07. The van der Waals surface area contributed by atoms with Crippen molar-refractivity contribution < 1.29 is 0 Å². The molecular weight excluding hydrogens is 286 g/mol. The van der Waals surface area contributed by atoms with Gasteiger partial charge in [-0.05, 0) is 37.5 Å². The Bertz CT molecular complexity index is 870. The van der Waals surface area contributed by atoms with E-state index in [1.165, 1.54) is 29.7 Å². The Morgan fingerprint density at radius 2 is 2.09 bits per heavy atom. The second-order valence-corrected chi connectivity index (χ2v) is 6.69. The van der Waals surface area contributed by atoms with Gasteiger partial charge in [0.15, 0.2) is 5.65 Å². The molecule has 5 heteroatoms. The van der Waals surface area contributed by atoms with Crippen LogP contribution in [-0.4, -0.2) is 30.5 Å². The van der Waals surface area contributed by atoms with Gasteiger partial charge < -0.3 is 0 Å². The molecule has 0 N–H and O–H groups in total. The van der Waals surface area contributed by atoms with Crippen molar-refractivity contribution in [3.05, 3.63) is 59.3 Å². The first-order valence-electron chi connectivity index (χ1n) is 8.28. The molecule has 0 radical (unpaired) electrons. The summed E-state index contributed by atoms with van der Waals surface area (Å²) in [5.41, 5.74) is 6.08. The van der Waals surface area contributed by atoms with Crippen molar-refractivity contribution in [2.75, 3.05) is 0 Å². The molecule has 1 fully saturated rings. The summed E-state index contributed by atoms with van der Waals surface area (Å²) in [5.74, 6) is 0. The standard InChI is InChI=1S/C18H19N5/c1-12-8-18-20-10-15-16-3-2-14(9-17(15)23(18)21-12)22(16)11-13-4-6-19-7-5-13/h4-8,10,14,16H,2-3,9,11H2,1H3/t14-,16+/m1/s1. The van der Waals surface area contributed by atoms with Gasteiger partial charge in [0.1, 0.15) is 0 Å². The molecule has 2 aliphatic heterocycles. The van der Waals surface area contributed by atoms with E-state index in [0.717, 1.165) is 24.3 Å². The molecule has 0 spiro atoms. The molecule has 0 unspecified atom stereocenters. The Morgan fingerprint density at radius 3 is 2.96 bits per heavy atom. The summed E-state index contributed by atoms with van der Waals surface area (Å²) >= 11 is 0. The quantitative estimate of drug-likeness (QED) is 0.730. The van der Waals surface area contributed by atoms with E-state index < -0.39 is 0 Å². The van der Waals surface area contributed by atoms with E-state index in [1.807, 2.05) is 19.3 Å². The average molecular weight is 305 g/mol. The van der Waals surface area contributed by atoms with Gasteiger partial charge in [0.2, 0.25) is 0 Å². The lowest BCUT2D eigenvalue weighted by Crippen LogP contribution is -2.38. The lowest BCUT2D eigenvalue weighted by atomic mass is 9.98. The summed E-state index contributed by atoms with van der Waals surface area (Å²) in [4.78, 5) is 11.4. The van der Waals surface area contributed by atoms with Gasteiger partial charge in [0, 0.05) is 55.3 Å². The van der Waals surface area contributed by atoms with Crippen LogP contribution in [0.4, 0.5) is 0 Å². The minimum absolute atomic E-state index is 0.471. The van der Waals surface area contributed by atoms with E-state index in [-0.39, 0.29) is 0 Å². The number of aromatic nitrogens is 4. The fourth-order valence-electron chi connectivity index (χ4n) is 4.24. The summed E-state index contributed by atoms with van der Waals surface area (Å²) in [6.07, 6.45) is 9.39. The zero-order valence-corrected chi connectivity index (χ0v) is 13.2. The molecule has 23 heavy (non-hydrogen) atoms. The molecule has 1 saturated heterocycles. The van der Waals surface area contributed by atoms with E-state index >= 15 is 0 Å². The van der Waals surface area contributed by atoms with Gasteiger partial charge >= 0.3 is 0 Å². The highest BCUT2D eigenvalue weighted by Crippen LogP contribution is 2.44. The summed E-state index contributed by atoms with van der Waals surface area (Å²) in [6, 6.07) is 7.38. The lowest BCUT2D eigenvalue weighted by molar-refractivity contribution is 0.165. The van der Waals surface area contributed by atoms with Crippen LogP contribution in [0, 0.1) is 6.92 Å². The molecule has 0 aliphatic carbocycles. The number of hydrogen-bond acceptors (Lipinski definition) is 4. The maximum atomic E-state index is 4.66. The normalized spacial score (nSPS) is 23.3. The predicted octanol–water partition coefficient (Wildman–Crippen LogP) is 2.69. The van der Waals surface area contributed by atoms with E-state index in [9.17, 15) is 0 Å². The highest BCUT2D eigenvalue weighted by molar-refractivity contribution is 5.44. The molecule has 0 saturated carbocycles. The zero-order valence-electron chi connectivity index (χ0n) is 13.2. The van der Waals surface area contributed by atoms with Crippen LogP contribution < -0.4 is 0 Å². The summed E-state index contributed by atoms with van der Waals surface area (Å²) in [5, 5.41) is 4.66. The molecule has 3 aromatic rings. The minimum Gasteiger partial charge on any atom is -0.289 e. The first-order chi connectivity index (χ1) is 11.3. The third kappa shape index (κ3) is 2.00. The largest absolute Gasteiger partial charge is 0.289 e. The lowest BCUT2D eigenvalue weighted by Gasteiger charge is -2.36. The fraction of sp³-hybridized carbons (Fsp3) is 0.389. The number of rotatable bonds is 2. The molecule has 2 aliphatic rings. The number of aryl methyl sites for hydroxylation is 1. The zero-order chi connectivity index (χ0) is 15.4. The Kier molecular flexibility index (Phi) is 2.79. The highest BCUT2D eigenvalue weighted by Gasteiger charge is 2.41. The van der Waals surface area contributed by atoms with Crippen LogP contribution in [0.15, 0.2) is 36.8 Å². The van der Waals surface area contributed by atoms with Crippen molar-refractivity contribution in [3.8, 4) is 0 Å². The maximum absolute atomic E-state index is 4.66. The van der Waals surface area contributed by atoms with Crippen LogP contribution in [0.2, 0.25) is 0 Å². The number of pyridine rings is 1. The number of nitrogens with zero attached hydrogens (tertiary/aromatic N) is 5. The monoisotopic (exact) mass is 305 g/mol. The van der Waals surface area contributed by atoms with Crippen molar-refractivity contribution in [2.45, 2.75) is 44.8 Å². The van der Waals surface area contributed by atoms with E-state index in [1.54, 1.807) is 0 Å². The van der Waals surface area contributed by atoms with Crippen molar-refractivity contribution in [2.24, 2.45) is 0 Å². The van der Waals surface area contributed by atoms with E-state index in [4.69, 9.17) is 0 Å². The molecule has 5 nitrogen and oxygen atoms in total. The van der Waals surface area contributed by atoms with Crippen LogP contribution in [0.1, 0.15) is 41.4 Å². The maximum Gasteiger partial charge on any atom is 0.155 e. The molecule has 116 valence electrons. The second kappa shape index (κ2) is 4.86. The molecule has 0 amide bonds. The summed E-state index contributed by atoms with van der Waals surface area (Å²) in [6.45, 7) is 3.03. The van der Waals surface area contributed by atoms with Crippen LogP contribution in [0.3, 0.4) is 0 Å². The van der Waals surface area contributed by atoms with Gasteiger partial charge in [-0.25, -0.2) is 9.50 Å². The van der Waals surface area contributed by atoms with Gasteiger partial charge in [0.25, 0.3) is 0 Å². The number of fused-ring (bicyclic) bond motifs is 6. The van der Waals surface area contributed by atoms with Gasteiger partial charge in [-0.1, -0.05) is 0 Å². The molecule has 2 bridgehead atoms. The molecular formula is C18H19N5. The van der Waals surface area contributed by atoms with Crippen LogP contribution >= 0.6 is 0 Å². The second-order valence-electron chi connectivity index (χ2n) is 6.69. The Balaban J connectivity index is 1.56. The molecule has 5 heterocycles. The van der Waals surface area contributed by atoms with Gasteiger partial charge in [-0.15, -0.1) is 0 Å². The highest BCUT2D eigenvalue weighted by atomic mass is 15.3. The van der Waals surface area contributed by atoms with Crippen molar-refractivity contribution >= 4 is 5.65 Å². The van der Waals surface area contributed by atoms with Crippen LogP contribution in [-0.2, 0) is 13.0 Å². The Morgan fingerprint density at radius 1 is 1.22 bits per heavy atom. The van der Waals surface area contributed by atoms with Crippen molar-refractivity contribution in [1.82, 2.24) is 24.5 Å². The van der Waals surface area contributed by atoms with E-state index in [0.29, 0.717) is 12.1 Å². The molecule has 2 atom stereocenters. The molecule has 3 aromatic heterocycles. The van der Waals surface area contributed by atoms with Gasteiger partial charge in [-0.3, -0.25) is 9.88 Å².